The van der Waals surface area contributed by atoms with Crippen molar-refractivity contribution in [3.8, 4) is 5.69 Å². The van der Waals surface area contributed by atoms with Crippen molar-refractivity contribution in [3.05, 3.63) is 45.7 Å². The summed E-state index contributed by atoms with van der Waals surface area (Å²) in [4.78, 5) is 11.0. The minimum Gasteiger partial charge on any atom is -0.298 e. The van der Waals surface area contributed by atoms with Crippen molar-refractivity contribution in [2.45, 2.75) is 20.8 Å². The van der Waals surface area contributed by atoms with Gasteiger partial charge in [0.2, 0.25) is 0 Å². The van der Waals surface area contributed by atoms with Crippen molar-refractivity contribution in [3.63, 3.8) is 0 Å². The Morgan fingerprint density at radius 2 is 2.00 bits per heavy atom. The fraction of sp³-hybridized carbons (Fsp3) is 0.231. The molecule has 1 aromatic heterocycles. The number of nitrogens with zero attached hydrogens (tertiary/aromatic N) is 2. The standard InChI is InChI=1S/C13H13ClN2O/c1-8-4-5-11(14)6-13(8)16-10(3)12(7-17)9(2)15-16/h4-7H,1-3H3. The minimum absolute atomic E-state index is 0.643. The van der Waals surface area contributed by atoms with E-state index in [0.29, 0.717) is 10.6 Å². The highest BCUT2D eigenvalue weighted by Crippen LogP contribution is 2.22. The average Bonchev–Trinajstić information content (AvgIpc) is 2.57. The second-order valence-corrected chi connectivity index (χ2v) is 4.48. The van der Waals surface area contributed by atoms with Crippen molar-refractivity contribution in [1.29, 1.82) is 0 Å². The molecule has 0 aliphatic heterocycles. The van der Waals surface area contributed by atoms with Gasteiger partial charge in [0.25, 0.3) is 0 Å². The van der Waals surface area contributed by atoms with Gasteiger partial charge in [0.1, 0.15) is 0 Å². The van der Waals surface area contributed by atoms with Gasteiger partial charge in [-0.05, 0) is 38.5 Å². The van der Waals surface area contributed by atoms with Crippen LogP contribution in [-0.4, -0.2) is 16.1 Å². The molecule has 0 aliphatic rings. The second-order valence-electron chi connectivity index (χ2n) is 4.04. The molecule has 2 rings (SSSR count). The number of halogens is 1. The Morgan fingerprint density at radius 3 is 2.59 bits per heavy atom. The van der Waals surface area contributed by atoms with Crippen LogP contribution in [0.2, 0.25) is 5.02 Å². The summed E-state index contributed by atoms with van der Waals surface area (Å²) >= 11 is 5.99. The normalized spacial score (nSPS) is 10.6. The SMILES string of the molecule is Cc1ccc(Cl)cc1-n1nc(C)c(C=O)c1C. The summed E-state index contributed by atoms with van der Waals surface area (Å²) in [6.45, 7) is 5.69. The molecule has 0 unspecified atom stereocenters. The van der Waals surface area contributed by atoms with Crippen LogP contribution in [0.15, 0.2) is 18.2 Å². The summed E-state index contributed by atoms with van der Waals surface area (Å²) < 4.78 is 1.76. The lowest BCUT2D eigenvalue weighted by molar-refractivity contribution is 0.112. The maximum absolute atomic E-state index is 11.0. The van der Waals surface area contributed by atoms with E-state index in [0.717, 1.165) is 28.9 Å². The zero-order valence-corrected chi connectivity index (χ0v) is 10.7. The van der Waals surface area contributed by atoms with Gasteiger partial charge in [0.15, 0.2) is 6.29 Å². The summed E-state index contributed by atoms with van der Waals surface area (Å²) in [7, 11) is 0. The van der Waals surface area contributed by atoms with Gasteiger partial charge in [0.05, 0.1) is 22.6 Å². The van der Waals surface area contributed by atoms with Crippen LogP contribution in [-0.2, 0) is 0 Å². The molecule has 17 heavy (non-hydrogen) atoms. The topological polar surface area (TPSA) is 34.9 Å². The Bertz CT molecular complexity index is 587. The first-order valence-electron chi connectivity index (χ1n) is 5.32. The molecule has 3 nitrogen and oxygen atoms in total. The molecule has 2 aromatic rings. The van der Waals surface area contributed by atoms with E-state index >= 15 is 0 Å². The molecule has 0 N–H and O–H groups in total. The molecule has 0 saturated heterocycles. The van der Waals surface area contributed by atoms with Gasteiger partial charge >= 0.3 is 0 Å². The number of hydrogen-bond acceptors (Lipinski definition) is 2. The van der Waals surface area contributed by atoms with Crippen LogP contribution in [0, 0.1) is 20.8 Å². The third-order valence-electron chi connectivity index (χ3n) is 2.86. The number of rotatable bonds is 2. The third kappa shape index (κ3) is 1.98. The molecule has 0 saturated carbocycles. The molecule has 1 heterocycles. The van der Waals surface area contributed by atoms with Crippen LogP contribution in [0.25, 0.3) is 5.69 Å². The van der Waals surface area contributed by atoms with Crippen molar-refractivity contribution >= 4 is 17.9 Å². The Kier molecular flexibility index (Phi) is 3.03. The van der Waals surface area contributed by atoms with E-state index in [-0.39, 0.29) is 0 Å². The molecule has 0 bridgehead atoms. The Balaban J connectivity index is 2.68. The molecule has 0 atom stereocenters. The molecule has 0 aliphatic carbocycles. The number of benzene rings is 1. The lowest BCUT2D eigenvalue weighted by Gasteiger charge is -2.08. The summed E-state index contributed by atoms with van der Waals surface area (Å²) in [6, 6.07) is 5.63. The van der Waals surface area contributed by atoms with E-state index in [1.54, 1.807) is 4.68 Å². The molecule has 0 spiro atoms. The van der Waals surface area contributed by atoms with Crippen molar-refractivity contribution in [2.24, 2.45) is 0 Å². The van der Waals surface area contributed by atoms with Crippen LogP contribution >= 0.6 is 11.6 Å². The molecule has 0 amide bonds. The van der Waals surface area contributed by atoms with Gasteiger partial charge in [-0.1, -0.05) is 17.7 Å². The monoisotopic (exact) mass is 248 g/mol. The minimum atomic E-state index is 0.643. The second kappa shape index (κ2) is 4.34. The van der Waals surface area contributed by atoms with Gasteiger partial charge in [-0.15, -0.1) is 0 Å². The zero-order chi connectivity index (χ0) is 12.6. The van der Waals surface area contributed by atoms with E-state index in [9.17, 15) is 4.79 Å². The van der Waals surface area contributed by atoms with Crippen LogP contribution < -0.4 is 0 Å². The average molecular weight is 249 g/mol. The summed E-state index contributed by atoms with van der Waals surface area (Å²) in [5, 5.41) is 5.04. The van der Waals surface area contributed by atoms with E-state index in [1.165, 1.54) is 0 Å². The number of carbonyl (C=O) groups excluding carboxylic acids is 1. The highest BCUT2D eigenvalue weighted by atomic mass is 35.5. The number of aromatic nitrogens is 2. The third-order valence-corrected chi connectivity index (χ3v) is 3.10. The van der Waals surface area contributed by atoms with Crippen LogP contribution in [0.1, 0.15) is 27.3 Å². The first-order chi connectivity index (χ1) is 8.04. The Hall–Kier alpha value is -1.61. The first-order valence-corrected chi connectivity index (χ1v) is 5.70. The molecule has 4 heteroatoms. The van der Waals surface area contributed by atoms with Crippen LogP contribution in [0.3, 0.4) is 0 Å². The molecule has 88 valence electrons. The number of carbonyl (C=O) groups is 1. The van der Waals surface area contributed by atoms with E-state index < -0.39 is 0 Å². The molecular formula is C13H13ClN2O. The Labute approximate surface area is 105 Å². The molecule has 1 aromatic carbocycles. The molecule has 0 fully saturated rings. The van der Waals surface area contributed by atoms with Gasteiger partial charge in [-0.25, -0.2) is 4.68 Å². The van der Waals surface area contributed by atoms with Gasteiger partial charge in [-0.3, -0.25) is 4.79 Å². The lowest BCUT2D eigenvalue weighted by atomic mass is 10.2. The van der Waals surface area contributed by atoms with Crippen LogP contribution in [0.5, 0.6) is 0 Å². The van der Waals surface area contributed by atoms with E-state index in [2.05, 4.69) is 5.10 Å². The fourth-order valence-corrected chi connectivity index (χ4v) is 2.04. The quantitative estimate of drug-likeness (QED) is 0.765. The van der Waals surface area contributed by atoms with Crippen molar-refractivity contribution in [1.82, 2.24) is 9.78 Å². The lowest BCUT2D eigenvalue weighted by Crippen LogP contribution is -2.01. The van der Waals surface area contributed by atoms with Gasteiger partial charge < -0.3 is 0 Å². The van der Waals surface area contributed by atoms with Crippen molar-refractivity contribution in [2.75, 3.05) is 0 Å². The van der Waals surface area contributed by atoms with Crippen LogP contribution in [0.4, 0.5) is 0 Å². The largest absolute Gasteiger partial charge is 0.298 e. The van der Waals surface area contributed by atoms with Crippen molar-refractivity contribution < 1.29 is 4.79 Å². The van der Waals surface area contributed by atoms with E-state index in [4.69, 9.17) is 11.6 Å². The predicted octanol–water partition coefficient (Wildman–Crippen LogP) is 3.26. The smallest absolute Gasteiger partial charge is 0.153 e. The summed E-state index contributed by atoms with van der Waals surface area (Å²) in [6.07, 6.45) is 0.841. The maximum atomic E-state index is 11.0. The molecule has 0 radical (unpaired) electrons. The van der Waals surface area contributed by atoms with E-state index in [1.807, 2.05) is 39.0 Å². The van der Waals surface area contributed by atoms with Gasteiger partial charge in [-0.2, -0.15) is 5.10 Å². The highest BCUT2D eigenvalue weighted by molar-refractivity contribution is 6.30. The predicted molar refractivity (Wildman–Crippen MR) is 68.2 cm³/mol. The Morgan fingerprint density at radius 1 is 1.29 bits per heavy atom. The zero-order valence-electron chi connectivity index (χ0n) is 9.99. The summed E-state index contributed by atoms with van der Waals surface area (Å²) in [5.41, 5.74) is 4.19. The number of aryl methyl sites for hydroxylation is 2. The summed E-state index contributed by atoms with van der Waals surface area (Å²) in [5.74, 6) is 0. The number of aldehydes is 1. The highest BCUT2D eigenvalue weighted by Gasteiger charge is 2.13. The first kappa shape index (κ1) is 11.9. The number of hydrogen-bond donors (Lipinski definition) is 0. The maximum Gasteiger partial charge on any atom is 0.153 e. The molecular weight excluding hydrogens is 236 g/mol. The fourth-order valence-electron chi connectivity index (χ4n) is 1.87. The van der Waals surface area contributed by atoms with Gasteiger partial charge in [0, 0.05) is 5.02 Å².